The molecule has 0 spiro atoms. The highest BCUT2D eigenvalue weighted by molar-refractivity contribution is 6.31. The number of hydrogen-bond acceptors (Lipinski definition) is 4. The molecule has 0 fully saturated rings. The van der Waals surface area contributed by atoms with Crippen molar-refractivity contribution in [2.45, 2.75) is 0 Å². The molecule has 3 aromatic carbocycles. The molecule has 5 heteroatoms. The first-order valence-corrected chi connectivity index (χ1v) is 9.51. The first-order valence-electron chi connectivity index (χ1n) is 9.14. The van der Waals surface area contributed by atoms with Crippen molar-refractivity contribution < 1.29 is 14.6 Å². The predicted molar refractivity (Wildman–Crippen MR) is 113 cm³/mol. The average Bonchev–Trinajstić information content (AvgIpc) is 3.23. The summed E-state index contributed by atoms with van der Waals surface area (Å²) >= 11 is 6.17. The molecule has 0 bridgehead atoms. The Morgan fingerprint density at radius 1 is 0.724 bits per heavy atom. The van der Waals surface area contributed by atoms with Crippen LogP contribution in [0.3, 0.4) is 0 Å². The number of pyridine rings is 1. The van der Waals surface area contributed by atoms with Crippen molar-refractivity contribution in [1.82, 2.24) is 4.98 Å². The van der Waals surface area contributed by atoms with Crippen LogP contribution >= 0.6 is 11.6 Å². The second-order valence-electron chi connectivity index (χ2n) is 6.72. The van der Waals surface area contributed by atoms with Crippen LogP contribution in [0.4, 0.5) is 0 Å². The van der Waals surface area contributed by atoms with E-state index in [1.807, 2.05) is 60.7 Å². The van der Waals surface area contributed by atoms with Gasteiger partial charge in [-0.1, -0.05) is 48.0 Å². The van der Waals surface area contributed by atoms with E-state index in [2.05, 4.69) is 0 Å². The van der Waals surface area contributed by atoms with E-state index in [1.54, 1.807) is 18.2 Å². The van der Waals surface area contributed by atoms with Crippen molar-refractivity contribution in [3.8, 4) is 50.9 Å². The van der Waals surface area contributed by atoms with E-state index >= 15 is 0 Å². The fourth-order valence-electron chi connectivity index (χ4n) is 3.38. The number of rotatable bonds is 3. The van der Waals surface area contributed by atoms with Gasteiger partial charge in [-0.05, 0) is 53.6 Å². The van der Waals surface area contributed by atoms with Crippen molar-refractivity contribution >= 4 is 11.6 Å². The molecule has 0 unspecified atom stereocenters. The van der Waals surface area contributed by atoms with Crippen LogP contribution in [0.25, 0.3) is 33.6 Å². The number of nitrogens with zero attached hydrogens (tertiary/aromatic N) is 1. The van der Waals surface area contributed by atoms with E-state index in [9.17, 15) is 5.11 Å². The molecule has 0 saturated heterocycles. The van der Waals surface area contributed by atoms with Crippen LogP contribution in [0, 0.1) is 0 Å². The molecule has 5 rings (SSSR count). The highest BCUT2D eigenvalue weighted by Gasteiger charge is 2.16. The highest BCUT2D eigenvalue weighted by atomic mass is 35.5. The molecule has 4 aromatic rings. The molecule has 1 N–H and O–H groups in total. The second kappa shape index (κ2) is 7.15. The van der Waals surface area contributed by atoms with Gasteiger partial charge in [-0.2, -0.15) is 0 Å². The molecule has 1 aliphatic rings. The quantitative estimate of drug-likeness (QED) is 0.446. The summed E-state index contributed by atoms with van der Waals surface area (Å²) in [4.78, 5) is 4.80. The van der Waals surface area contributed by atoms with Gasteiger partial charge in [0.1, 0.15) is 5.75 Å². The Hall–Kier alpha value is -3.50. The van der Waals surface area contributed by atoms with Crippen molar-refractivity contribution in [1.29, 1.82) is 0 Å². The standard InChI is InChI=1S/C24H16ClNO3/c25-18-7-8-22(27)19(13-18)21-11-17(10-20(26-21)15-4-2-1-3-5-15)16-6-9-23-24(12-16)29-14-28-23/h1-13,27H,14H2. The lowest BCUT2D eigenvalue weighted by molar-refractivity contribution is 0.174. The Labute approximate surface area is 173 Å². The van der Waals surface area contributed by atoms with Gasteiger partial charge >= 0.3 is 0 Å². The van der Waals surface area contributed by atoms with Gasteiger partial charge in [0.05, 0.1) is 11.4 Å². The Morgan fingerprint density at radius 2 is 1.52 bits per heavy atom. The van der Waals surface area contributed by atoms with Crippen LogP contribution in [0.1, 0.15) is 0 Å². The number of aromatic nitrogens is 1. The predicted octanol–water partition coefficient (Wildman–Crippen LogP) is 6.17. The number of phenolic OH excluding ortho intramolecular Hbond substituents is 1. The summed E-state index contributed by atoms with van der Waals surface area (Å²) in [6.07, 6.45) is 0. The first-order chi connectivity index (χ1) is 14.2. The van der Waals surface area contributed by atoms with Crippen molar-refractivity contribution in [2.75, 3.05) is 6.79 Å². The minimum Gasteiger partial charge on any atom is -0.507 e. The summed E-state index contributed by atoms with van der Waals surface area (Å²) in [5.41, 5.74) is 4.92. The van der Waals surface area contributed by atoms with Gasteiger partial charge in [0, 0.05) is 16.1 Å². The summed E-state index contributed by atoms with van der Waals surface area (Å²) < 4.78 is 11.0. The monoisotopic (exact) mass is 401 g/mol. The summed E-state index contributed by atoms with van der Waals surface area (Å²) in [5.74, 6) is 1.58. The second-order valence-corrected chi connectivity index (χ2v) is 7.16. The Bertz CT molecular complexity index is 1210. The van der Waals surface area contributed by atoms with Gasteiger partial charge in [0.2, 0.25) is 6.79 Å². The van der Waals surface area contributed by atoms with E-state index in [4.69, 9.17) is 26.1 Å². The van der Waals surface area contributed by atoms with Crippen molar-refractivity contribution in [3.05, 3.63) is 83.9 Å². The number of benzene rings is 3. The van der Waals surface area contributed by atoms with Gasteiger partial charge in [0.25, 0.3) is 0 Å². The van der Waals surface area contributed by atoms with E-state index in [-0.39, 0.29) is 12.5 Å². The maximum Gasteiger partial charge on any atom is 0.231 e. The third-order valence-corrected chi connectivity index (χ3v) is 5.07. The fourth-order valence-corrected chi connectivity index (χ4v) is 3.55. The molecule has 0 radical (unpaired) electrons. The van der Waals surface area contributed by atoms with Crippen molar-refractivity contribution in [3.63, 3.8) is 0 Å². The molecular formula is C24H16ClNO3. The molecule has 0 aliphatic carbocycles. The summed E-state index contributed by atoms with van der Waals surface area (Å²) in [6, 6.07) is 24.7. The number of halogens is 1. The first kappa shape index (κ1) is 17.6. The number of hydrogen-bond donors (Lipinski definition) is 1. The number of fused-ring (bicyclic) bond motifs is 1. The molecule has 0 atom stereocenters. The van der Waals surface area contributed by atoms with E-state index in [1.165, 1.54) is 0 Å². The zero-order valence-electron chi connectivity index (χ0n) is 15.3. The number of aromatic hydroxyl groups is 1. The van der Waals surface area contributed by atoms with Gasteiger partial charge in [0.15, 0.2) is 11.5 Å². The molecular weight excluding hydrogens is 386 g/mol. The van der Waals surface area contributed by atoms with Gasteiger partial charge < -0.3 is 14.6 Å². The summed E-state index contributed by atoms with van der Waals surface area (Å²) in [7, 11) is 0. The third kappa shape index (κ3) is 3.39. The minimum absolute atomic E-state index is 0.128. The maximum atomic E-state index is 10.4. The average molecular weight is 402 g/mol. The van der Waals surface area contributed by atoms with E-state index in [0.717, 1.165) is 28.1 Å². The third-order valence-electron chi connectivity index (χ3n) is 4.84. The lowest BCUT2D eigenvalue weighted by Crippen LogP contribution is -1.93. The highest BCUT2D eigenvalue weighted by Crippen LogP contribution is 2.39. The largest absolute Gasteiger partial charge is 0.507 e. The van der Waals surface area contributed by atoms with Crippen LogP contribution in [0.2, 0.25) is 5.02 Å². The normalized spacial score (nSPS) is 12.2. The summed E-state index contributed by atoms with van der Waals surface area (Å²) in [6.45, 7) is 0.228. The smallest absolute Gasteiger partial charge is 0.231 e. The number of phenols is 1. The fraction of sp³-hybridized carbons (Fsp3) is 0.0417. The van der Waals surface area contributed by atoms with Crippen LogP contribution in [-0.4, -0.2) is 16.9 Å². The molecule has 2 heterocycles. The van der Waals surface area contributed by atoms with E-state index in [0.29, 0.717) is 22.0 Å². The van der Waals surface area contributed by atoms with Gasteiger partial charge in [-0.15, -0.1) is 0 Å². The molecule has 0 amide bonds. The maximum absolute atomic E-state index is 10.4. The van der Waals surface area contributed by atoms with Crippen molar-refractivity contribution in [2.24, 2.45) is 0 Å². The molecule has 142 valence electrons. The zero-order valence-corrected chi connectivity index (χ0v) is 16.1. The summed E-state index contributed by atoms with van der Waals surface area (Å²) in [5, 5.41) is 10.9. The molecule has 29 heavy (non-hydrogen) atoms. The topological polar surface area (TPSA) is 51.6 Å². The van der Waals surface area contributed by atoms with Crippen LogP contribution in [-0.2, 0) is 0 Å². The van der Waals surface area contributed by atoms with E-state index < -0.39 is 0 Å². The minimum atomic E-state index is 0.128. The number of ether oxygens (including phenoxy) is 2. The lowest BCUT2D eigenvalue weighted by Gasteiger charge is -2.12. The molecule has 1 aliphatic heterocycles. The molecule has 1 aromatic heterocycles. The van der Waals surface area contributed by atoms with Gasteiger partial charge in [-0.25, -0.2) is 4.98 Å². The van der Waals surface area contributed by atoms with Gasteiger partial charge in [-0.3, -0.25) is 0 Å². The SMILES string of the molecule is Oc1ccc(Cl)cc1-c1cc(-c2ccc3c(c2)OCO3)cc(-c2ccccc2)n1. The Balaban J connectivity index is 1.71. The van der Waals surface area contributed by atoms with Crippen LogP contribution < -0.4 is 9.47 Å². The lowest BCUT2D eigenvalue weighted by atomic mass is 9.99. The van der Waals surface area contributed by atoms with Crippen LogP contribution in [0.15, 0.2) is 78.9 Å². The zero-order chi connectivity index (χ0) is 19.8. The Morgan fingerprint density at radius 3 is 2.38 bits per heavy atom. The van der Waals surface area contributed by atoms with Crippen LogP contribution in [0.5, 0.6) is 17.2 Å². The Kier molecular flexibility index (Phi) is 4.34. The molecule has 0 saturated carbocycles. The molecule has 4 nitrogen and oxygen atoms in total.